The number of benzene rings is 2. The first kappa shape index (κ1) is 17.6. The van der Waals surface area contributed by atoms with Crippen LogP contribution in [-0.4, -0.2) is 23.2 Å². The molecule has 1 amide bonds. The lowest BCUT2D eigenvalue weighted by molar-refractivity contribution is -0.115. The number of hydrogen-bond donors (Lipinski definition) is 1. The van der Waals surface area contributed by atoms with E-state index < -0.39 is 5.25 Å². The molecule has 1 aromatic heterocycles. The van der Waals surface area contributed by atoms with Gasteiger partial charge in [-0.1, -0.05) is 36.4 Å². The van der Waals surface area contributed by atoms with E-state index in [-0.39, 0.29) is 5.91 Å². The number of carbonyl (C=O) groups excluding carboxylic acids is 1. The van der Waals surface area contributed by atoms with E-state index in [0.29, 0.717) is 28.5 Å². The monoisotopic (exact) mass is 381 g/mol. The van der Waals surface area contributed by atoms with Crippen LogP contribution >= 0.6 is 11.8 Å². The van der Waals surface area contributed by atoms with Gasteiger partial charge in [0.05, 0.1) is 7.11 Å². The van der Waals surface area contributed by atoms with Gasteiger partial charge in [0, 0.05) is 17.7 Å². The molecule has 7 heteroatoms. The van der Waals surface area contributed by atoms with Crippen molar-refractivity contribution in [1.82, 2.24) is 10.2 Å². The Kier molecular flexibility index (Phi) is 5.11. The molecule has 1 saturated carbocycles. The number of rotatable bonds is 7. The van der Waals surface area contributed by atoms with Crippen LogP contribution in [-0.2, 0) is 4.79 Å². The molecule has 0 radical (unpaired) electrons. The molecule has 138 valence electrons. The number of anilines is 1. The third-order valence-corrected chi connectivity index (χ3v) is 5.33. The minimum Gasteiger partial charge on any atom is -0.497 e. The molecule has 0 spiro atoms. The summed E-state index contributed by atoms with van der Waals surface area (Å²) in [6, 6.07) is 16.8. The summed E-state index contributed by atoms with van der Waals surface area (Å²) in [6.07, 6.45) is 2.18. The van der Waals surface area contributed by atoms with Gasteiger partial charge in [-0.05, 0) is 42.3 Å². The SMILES string of the molecule is COc1cccc(NC(=O)[C@H](Sc2nnc(C3CC3)o2)c2ccccc2)c1. The highest BCUT2D eigenvalue weighted by Crippen LogP contribution is 2.42. The van der Waals surface area contributed by atoms with Crippen molar-refractivity contribution >= 4 is 23.4 Å². The van der Waals surface area contributed by atoms with Crippen LogP contribution < -0.4 is 10.1 Å². The fraction of sp³-hybridized carbons (Fsp3) is 0.250. The molecule has 1 aliphatic carbocycles. The smallest absolute Gasteiger partial charge is 0.277 e. The molecule has 0 unspecified atom stereocenters. The normalized spacial score (nSPS) is 14.6. The summed E-state index contributed by atoms with van der Waals surface area (Å²) in [6.45, 7) is 0. The van der Waals surface area contributed by atoms with Crippen molar-refractivity contribution in [3.8, 4) is 5.75 Å². The minimum absolute atomic E-state index is 0.161. The predicted molar refractivity (Wildman–Crippen MR) is 103 cm³/mol. The third-order valence-electron chi connectivity index (χ3n) is 4.25. The Bertz CT molecular complexity index is 925. The molecule has 27 heavy (non-hydrogen) atoms. The molecule has 1 fully saturated rings. The van der Waals surface area contributed by atoms with E-state index in [2.05, 4.69) is 15.5 Å². The number of carbonyl (C=O) groups is 1. The van der Waals surface area contributed by atoms with Gasteiger partial charge in [-0.3, -0.25) is 4.79 Å². The van der Waals surface area contributed by atoms with Crippen LogP contribution in [0, 0.1) is 0 Å². The fourth-order valence-corrected chi connectivity index (χ4v) is 3.56. The van der Waals surface area contributed by atoms with Gasteiger partial charge in [-0.25, -0.2) is 0 Å². The maximum absolute atomic E-state index is 13.0. The Morgan fingerprint density at radius 1 is 1.19 bits per heavy atom. The Morgan fingerprint density at radius 2 is 2.00 bits per heavy atom. The zero-order valence-corrected chi connectivity index (χ0v) is 15.6. The van der Waals surface area contributed by atoms with Crippen LogP contribution in [0.25, 0.3) is 0 Å². The summed E-state index contributed by atoms with van der Waals surface area (Å²) in [7, 11) is 1.59. The lowest BCUT2D eigenvalue weighted by Gasteiger charge is -2.15. The van der Waals surface area contributed by atoms with Crippen LogP contribution in [0.15, 0.2) is 64.2 Å². The van der Waals surface area contributed by atoms with E-state index in [4.69, 9.17) is 9.15 Å². The zero-order chi connectivity index (χ0) is 18.6. The summed E-state index contributed by atoms with van der Waals surface area (Å²) in [5.74, 6) is 1.57. The van der Waals surface area contributed by atoms with Gasteiger partial charge in [-0.15, -0.1) is 10.2 Å². The Balaban J connectivity index is 1.55. The number of nitrogens with zero attached hydrogens (tertiary/aromatic N) is 2. The number of thioether (sulfide) groups is 1. The molecule has 1 N–H and O–H groups in total. The second-order valence-corrected chi connectivity index (χ2v) is 7.37. The summed E-state index contributed by atoms with van der Waals surface area (Å²) in [5, 5.41) is 11.1. The first-order valence-electron chi connectivity index (χ1n) is 8.73. The van der Waals surface area contributed by atoms with Crippen molar-refractivity contribution in [3.63, 3.8) is 0 Å². The number of methoxy groups -OCH3 is 1. The predicted octanol–water partition coefficient (Wildman–Crippen LogP) is 4.43. The van der Waals surface area contributed by atoms with Gasteiger partial charge in [0.1, 0.15) is 11.0 Å². The first-order chi connectivity index (χ1) is 13.2. The zero-order valence-electron chi connectivity index (χ0n) is 14.8. The standard InChI is InChI=1S/C20H19N3O3S/c1-25-16-9-5-8-15(12-16)21-18(24)17(13-6-3-2-4-7-13)27-20-23-22-19(26-20)14-10-11-14/h2-9,12,14,17H,10-11H2,1H3,(H,21,24)/t17-/m1/s1. The minimum atomic E-state index is -0.509. The first-order valence-corrected chi connectivity index (χ1v) is 9.61. The van der Waals surface area contributed by atoms with Gasteiger partial charge in [0.2, 0.25) is 11.8 Å². The van der Waals surface area contributed by atoms with Crippen LogP contribution in [0.3, 0.4) is 0 Å². The van der Waals surface area contributed by atoms with Crippen molar-refractivity contribution in [1.29, 1.82) is 0 Å². The molecule has 1 heterocycles. The summed E-state index contributed by atoms with van der Waals surface area (Å²) in [5.41, 5.74) is 1.54. The molecule has 1 atom stereocenters. The quantitative estimate of drug-likeness (QED) is 0.610. The Morgan fingerprint density at radius 3 is 2.74 bits per heavy atom. The second-order valence-electron chi connectivity index (χ2n) is 6.31. The second kappa shape index (κ2) is 7.84. The average Bonchev–Trinajstić information content (AvgIpc) is 3.45. The van der Waals surface area contributed by atoms with Crippen molar-refractivity contribution in [2.45, 2.75) is 29.2 Å². The van der Waals surface area contributed by atoms with Crippen molar-refractivity contribution in [3.05, 3.63) is 66.1 Å². The fourth-order valence-electron chi connectivity index (χ4n) is 2.67. The highest BCUT2D eigenvalue weighted by Gasteiger charge is 2.31. The Labute approximate surface area is 161 Å². The molecule has 4 rings (SSSR count). The van der Waals surface area contributed by atoms with E-state index in [1.807, 2.05) is 48.5 Å². The number of amides is 1. The molecule has 0 bridgehead atoms. The van der Waals surface area contributed by atoms with Crippen LogP contribution in [0.2, 0.25) is 0 Å². The van der Waals surface area contributed by atoms with Gasteiger partial charge in [0.25, 0.3) is 5.22 Å². The van der Waals surface area contributed by atoms with E-state index in [0.717, 1.165) is 18.4 Å². The number of nitrogens with one attached hydrogen (secondary N) is 1. The Hall–Kier alpha value is -2.80. The molecule has 1 aliphatic rings. The topological polar surface area (TPSA) is 77.2 Å². The highest BCUT2D eigenvalue weighted by atomic mass is 32.2. The lowest BCUT2D eigenvalue weighted by atomic mass is 10.1. The van der Waals surface area contributed by atoms with Gasteiger partial charge in [0.15, 0.2) is 0 Å². The largest absolute Gasteiger partial charge is 0.497 e. The molecular formula is C20H19N3O3S. The number of hydrogen-bond acceptors (Lipinski definition) is 6. The molecular weight excluding hydrogens is 362 g/mol. The molecule has 0 saturated heterocycles. The summed E-state index contributed by atoms with van der Waals surface area (Å²) in [4.78, 5) is 13.0. The lowest BCUT2D eigenvalue weighted by Crippen LogP contribution is -2.19. The molecule has 0 aliphatic heterocycles. The molecule has 2 aromatic carbocycles. The summed E-state index contributed by atoms with van der Waals surface area (Å²) < 4.78 is 11.0. The van der Waals surface area contributed by atoms with Crippen LogP contribution in [0.1, 0.15) is 35.5 Å². The van der Waals surface area contributed by atoms with Gasteiger partial charge >= 0.3 is 0 Å². The van der Waals surface area contributed by atoms with Crippen molar-refractivity contribution < 1.29 is 13.9 Å². The number of aromatic nitrogens is 2. The van der Waals surface area contributed by atoms with Crippen molar-refractivity contribution in [2.24, 2.45) is 0 Å². The van der Waals surface area contributed by atoms with E-state index >= 15 is 0 Å². The highest BCUT2D eigenvalue weighted by molar-refractivity contribution is 8.00. The van der Waals surface area contributed by atoms with Crippen molar-refractivity contribution in [2.75, 3.05) is 12.4 Å². The van der Waals surface area contributed by atoms with E-state index in [1.165, 1.54) is 11.8 Å². The number of ether oxygens (including phenoxy) is 1. The average molecular weight is 381 g/mol. The van der Waals surface area contributed by atoms with E-state index in [1.54, 1.807) is 13.2 Å². The van der Waals surface area contributed by atoms with Crippen LogP contribution in [0.5, 0.6) is 5.75 Å². The molecule has 6 nitrogen and oxygen atoms in total. The van der Waals surface area contributed by atoms with E-state index in [9.17, 15) is 4.79 Å². The third kappa shape index (κ3) is 4.31. The maximum atomic E-state index is 13.0. The molecule has 3 aromatic rings. The van der Waals surface area contributed by atoms with Crippen LogP contribution in [0.4, 0.5) is 5.69 Å². The van der Waals surface area contributed by atoms with Gasteiger partial charge in [-0.2, -0.15) is 0 Å². The summed E-state index contributed by atoms with van der Waals surface area (Å²) >= 11 is 1.26. The van der Waals surface area contributed by atoms with Gasteiger partial charge < -0.3 is 14.5 Å². The maximum Gasteiger partial charge on any atom is 0.277 e.